The predicted molar refractivity (Wildman–Crippen MR) is 73.5 cm³/mol. The third-order valence-electron chi connectivity index (χ3n) is 3.67. The fourth-order valence-electron chi connectivity index (χ4n) is 2.76. The van der Waals surface area contributed by atoms with Gasteiger partial charge >= 0.3 is 0 Å². The van der Waals surface area contributed by atoms with Gasteiger partial charge in [-0.1, -0.05) is 18.2 Å². The van der Waals surface area contributed by atoms with Crippen LogP contribution in [0.2, 0.25) is 0 Å². The van der Waals surface area contributed by atoms with Crippen molar-refractivity contribution in [2.75, 3.05) is 5.32 Å². The van der Waals surface area contributed by atoms with Gasteiger partial charge in [-0.25, -0.2) is 9.50 Å². The van der Waals surface area contributed by atoms with E-state index in [0.717, 1.165) is 28.0 Å². The normalized spacial score (nSPS) is 17.2. The number of nitrogens with one attached hydrogen (secondary N) is 1. The van der Waals surface area contributed by atoms with Crippen molar-refractivity contribution in [3.63, 3.8) is 0 Å². The number of nitrogens with zero attached hydrogens (tertiary/aromatic N) is 3. The van der Waals surface area contributed by atoms with Gasteiger partial charge in [-0.3, -0.25) is 4.79 Å². The summed E-state index contributed by atoms with van der Waals surface area (Å²) < 4.78 is 1.71. The lowest BCUT2D eigenvalue weighted by atomic mass is 9.96. The maximum Gasteiger partial charge on any atom is 0.238 e. The topological polar surface area (TPSA) is 59.3 Å². The van der Waals surface area contributed by atoms with E-state index in [9.17, 15) is 4.79 Å². The van der Waals surface area contributed by atoms with Crippen LogP contribution in [0.1, 0.15) is 22.7 Å². The Morgan fingerprint density at radius 1 is 1.35 bits per heavy atom. The lowest BCUT2D eigenvalue weighted by molar-refractivity contribution is -0.116. The predicted octanol–water partition coefficient (Wildman–Crippen LogP) is 1.92. The Morgan fingerprint density at radius 2 is 2.20 bits per heavy atom. The molecule has 1 aromatic carbocycles. The van der Waals surface area contributed by atoms with Gasteiger partial charge in [-0.2, -0.15) is 5.10 Å². The molecule has 0 fully saturated rings. The molecule has 4 rings (SSSR count). The van der Waals surface area contributed by atoms with Crippen LogP contribution in [0.4, 0.5) is 5.69 Å². The van der Waals surface area contributed by atoms with E-state index in [0.29, 0.717) is 0 Å². The van der Waals surface area contributed by atoms with E-state index in [1.54, 1.807) is 10.7 Å². The van der Waals surface area contributed by atoms with Crippen LogP contribution in [-0.4, -0.2) is 20.5 Å². The molecule has 0 bridgehead atoms. The molecule has 97 valence electrons. The summed E-state index contributed by atoms with van der Waals surface area (Å²) in [6, 6.07) is 10.8. The van der Waals surface area contributed by atoms with Crippen LogP contribution in [0.5, 0.6) is 0 Å². The highest BCUT2D eigenvalue weighted by Gasteiger charge is 2.34. The second-order valence-corrected chi connectivity index (χ2v) is 4.85. The highest BCUT2D eigenvalue weighted by atomic mass is 16.2. The average Bonchev–Trinajstić information content (AvgIpc) is 2.99. The van der Waals surface area contributed by atoms with Gasteiger partial charge in [0.05, 0.1) is 11.2 Å². The second-order valence-electron chi connectivity index (χ2n) is 4.85. The molecule has 20 heavy (non-hydrogen) atoms. The summed E-state index contributed by atoms with van der Waals surface area (Å²) in [5.41, 5.74) is 4.33. The minimum atomic E-state index is -0.390. The number of carbonyl (C=O) groups is 1. The Bertz CT molecular complexity index is 837. The molecular weight excluding hydrogens is 252 g/mol. The van der Waals surface area contributed by atoms with Crippen LogP contribution in [0, 0.1) is 13.0 Å². The van der Waals surface area contributed by atoms with Gasteiger partial charge in [-0.05, 0) is 24.1 Å². The summed E-state index contributed by atoms with van der Waals surface area (Å²) in [7, 11) is 0. The smallest absolute Gasteiger partial charge is 0.238 e. The number of rotatable bonds is 1. The summed E-state index contributed by atoms with van der Waals surface area (Å²) >= 11 is 0. The van der Waals surface area contributed by atoms with Gasteiger partial charge in [0.15, 0.2) is 0 Å². The zero-order valence-corrected chi connectivity index (χ0v) is 10.8. The maximum atomic E-state index is 12.3. The molecule has 1 unspecified atom stereocenters. The number of fused-ring (bicyclic) bond motifs is 2. The van der Waals surface area contributed by atoms with E-state index in [2.05, 4.69) is 21.5 Å². The number of aryl methyl sites for hydroxylation is 1. The monoisotopic (exact) mass is 263 g/mol. The number of aromatic nitrogens is 3. The number of hydrogen-bond donors (Lipinski definition) is 1. The second kappa shape index (κ2) is 3.90. The van der Waals surface area contributed by atoms with Crippen LogP contribution in [-0.2, 0) is 4.79 Å². The molecule has 1 atom stereocenters. The van der Waals surface area contributed by atoms with Gasteiger partial charge in [0.2, 0.25) is 5.91 Å². The molecule has 0 saturated heterocycles. The zero-order chi connectivity index (χ0) is 13.7. The number of amides is 1. The van der Waals surface area contributed by atoms with Crippen LogP contribution in [0.3, 0.4) is 0 Å². The molecular formula is C15H11N4O. The Kier molecular flexibility index (Phi) is 2.18. The first kappa shape index (κ1) is 11.2. The van der Waals surface area contributed by atoms with Crippen molar-refractivity contribution >= 4 is 17.1 Å². The number of hydrogen-bond acceptors (Lipinski definition) is 3. The van der Waals surface area contributed by atoms with Crippen LogP contribution >= 0.6 is 0 Å². The minimum absolute atomic E-state index is 0.0487. The first-order valence-electron chi connectivity index (χ1n) is 6.36. The maximum absolute atomic E-state index is 12.3. The van der Waals surface area contributed by atoms with Crippen LogP contribution in [0.15, 0.2) is 36.8 Å². The fraction of sp³-hybridized carbons (Fsp3) is 0.133. The summed E-state index contributed by atoms with van der Waals surface area (Å²) in [6.07, 6.45) is 3.23. The molecule has 1 aliphatic rings. The first-order valence-corrected chi connectivity index (χ1v) is 6.36. The number of carbonyl (C=O) groups excluding carboxylic acids is 1. The van der Waals surface area contributed by atoms with Crippen molar-refractivity contribution in [1.82, 2.24) is 14.6 Å². The van der Waals surface area contributed by atoms with E-state index < -0.39 is 5.92 Å². The van der Waals surface area contributed by atoms with Gasteiger partial charge in [-0.15, -0.1) is 0 Å². The molecule has 5 heteroatoms. The minimum Gasteiger partial charge on any atom is -0.325 e. The van der Waals surface area contributed by atoms with Gasteiger partial charge < -0.3 is 5.32 Å². The van der Waals surface area contributed by atoms with Gasteiger partial charge in [0.1, 0.15) is 12.2 Å². The molecule has 3 heterocycles. The number of anilines is 1. The molecule has 0 saturated carbocycles. The first-order chi connectivity index (χ1) is 9.75. The average molecular weight is 263 g/mol. The van der Waals surface area contributed by atoms with Crippen molar-refractivity contribution < 1.29 is 4.79 Å². The number of para-hydroxylation sites is 1. The van der Waals surface area contributed by atoms with Crippen molar-refractivity contribution in [1.29, 1.82) is 0 Å². The lowest BCUT2D eigenvalue weighted by Crippen LogP contribution is -2.16. The molecule has 0 aliphatic carbocycles. The van der Waals surface area contributed by atoms with Crippen molar-refractivity contribution in [3.05, 3.63) is 59.7 Å². The lowest BCUT2D eigenvalue weighted by Gasteiger charge is -2.10. The third kappa shape index (κ3) is 1.40. The summed E-state index contributed by atoms with van der Waals surface area (Å²) in [5.74, 6) is -0.439. The Labute approximate surface area is 115 Å². The van der Waals surface area contributed by atoms with E-state index in [4.69, 9.17) is 0 Å². The highest BCUT2D eigenvalue weighted by molar-refractivity contribution is 6.05. The van der Waals surface area contributed by atoms with Crippen LogP contribution in [0.25, 0.3) is 5.52 Å². The molecule has 1 aliphatic heterocycles. The van der Waals surface area contributed by atoms with Crippen molar-refractivity contribution in [2.45, 2.75) is 12.8 Å². The van der Waals surface area contributed by atoms with Crippen molar-refractivity contribution in [2.24, 2.45) is 0 Å². The van der Waals surface area contributed by atoms with E-state index in [1.165, 1.54) is 6.33 Å². The largest absolute Gasteiger partial charge is 0.325 e. The molecule has 5 nitrogen and oxygen atoms in total. The van der Waals surface area contributed by atoms with Gasteiger partial charge in [0.25, 0.3) is 0 Å². The van der Waals surface area contributed by atoms with E-state index >= 15 is 0 Å². The summed E-state index contributed by atoms with van der Waals surface area (Å²) in [6.45, 7) is 1.95. The van der Waals surface area contributed by atoms with Crippen molar-refractivity contribution in [3.8, 4) is 0 Å². The standard InChI is InChI=1S/C15H11N4O/c1-9-6-7-19-14(9)13(16-8-17-19)12-10-4-2-3-5-11(10)18-15(12)20/h2-5,7-8,12H,1H3,(H,18,20). The molecule has 1 N–H and O–H groups in total. The summed E-state index contributed by atoms with van der Waals surface area (Å²) in [5, 5.41) is 7.06. The quantitative estimate of drug-likeness (QED) is 0.729. The molecule has 1 radical (unpaired) electrons. The Morgan fingerprint density at radius 3 is 3.10 bits per heavy atom. The molecule has 2 aromatic heterocycles. The Hall–Kier alpha value is -2.69. The van der Waals surface area contributed by atoms with E-state index in [1.807, 2.05) is 31.2 Å². The molecule has 1 amide bonds. The fourth-order valence-corrected chi connectivity index (χ4v) is 2.76. The number of benzene rings is 1. The molecule has 3 aromatic rings. The highest BCUT2D eigenvalue weighted by Crippen LogP contribution is 2.37. The molecule has 0 spiro atoms. The Balaban J connectivity index is 2.00. The third-order valence-corrected chi connectivity index (χ3v) is 3.67. The van der Waals surface area contributed by atoms with E-state index in [-0.39, 0.29) is 5.91 Å². The SMILES string of the molecule is Cc1[c]cn2ncnc(C3C(=O)Nc4ccccc43)c12. The zero-order valence-electron chi connectivity index (χ0n) is 10.8. The summed E-state index contributed by atoms with van der Waals surface area (Å²) in [4.78, 5) is 16.7. The van der Waals surface area contributed by atoms with Crippen LogP contribution < -0.4 is 5.32 Å². The van der Waals surface area contributed by atoms with Gasteiger partial charge in [0, 0.05) is 18.0 Å².